The van der Waals surface area contributed by atoms with Crippen LogP contribution in [0.4, 0.5) is 0 Å². The molecule has 28 heavy (non-hydrogen) atoms. The summed E-state index contributed by atoms with van der Waals surface area (Å²) < 4.78 is 0. The summed E-state index contributed by atoms with van der Waals surface area (Å²) in [7, 11) is 0. The third-order valence-electron chi connectivity index (χ3n) is 2.31. The molecular formula is C23H26N2Y3-6. The smallest absolute Gasteiger partial charge is 0.0332 e. The van der Waals surface area contributed by atoms with Crippen LogP contribution in [0.1, 0.15) is 39.7 Å². The number of hydrogen-bond acceptors (Lipinski definition) is 2. The summed E-state index contributed by atoms with van der Waals surface area (Å²) in [6, 6.07) is 10.9. The van der Waals surface area contributed by atoms with Crippen LogP contribution in [-0.2, 0) is 98.1 Å². The zero-order valence-electron chi connectivity index (χ0n) is 17.3. The van der Waals surface area contributed by atoms with Crippen molar-refractivity contribution in [2.45, 2.75) is 34.1 Å². The molecule has 143 valence electrons. The normalized spacial score (nSPS) is 10.5. The van der Waals surface area contributed by atoms with E-state index in [9.17, 15) is 0 Å². The second kappa shape index (κ2) is 35.0. The van der Waals surface area contributed by atoms with Gasteiger partial charge in [0, 0.05) is 116 Å². The second-order valence-corrected chi connectivity index (χ2v) is 4.29. The molecule has 1 aliphatic rings. The maximum absolute atomic E-state index is 4.90. The number of nitrogens with zero attached hydrogens (tertiary/aromatic N) is 2. The number of aliphatic imine (C=N–C) groups is 2. The molecule has 2 nitrogen and oxygen atoms in total. The van der Waals surface area contributed by atoms with E-state index >= 15 is 0 Å². The summed E-state index contributed by atoms with van der Waals surface area (Å²) in [4.78, 5) is 7.35. The molecule has 1 heterocycles. The van der Waals surface area contributed by atoms with Crippen molar-refractivity contribution in [3.63, 3.8) is 0 Å². The largest absolute Gasteiger partial charge is 0.601 e. The average Bonchev–Trinajstić information content (AvgIpc) is 3.10. The van der Waals surface area contributed by atoms with E-state index in [0.29, 0.717) is 0 Å². The Morgan fingerprint density at radius 2 is 1.79 bits per heavy atom. The van der Waals surface area contributed by atoms with Gasteiger partial charge in [0.1, 0.15) is 0 Å². The van der Waals surface area contributed by atoms with Gasteiger partial charge in [-0.2, -0.15) is 18.3 Å². The van der Waals surface area contributed by atoms with Gasteiger partial charge in [0.2, 0.25) is 0 Å². The van der Waals surface area contributed by atoms with Gasteiger partial charge in [0.15, 0.2) is 0 Å². The molecule has 1 aliphatic heterocycles. The molecule has 0 spiro atoms. The van der Waals surface area contributed by atoms with Crippen molar-refractivity contribution in [1.29, 1.82) is 0 Å². The van der Waals surface area contributed by atoms with Gasteiger partial charge in [-0.05, 0) is 6.92 Å². The maximum Gasteiger partial charge on any atom is 0.0332 e. The first kappa shape index (κ1) is 39.1. The van der Waals surface area contributed by atoms with Crippen molar-refractivity contribution in [1.82, 2.24) is 0 Å². The summed E-state index contributed by atoms with van der Waals surface area (Å²) in [5, 5.41) is 0. The third kappa shape index (κ3) is 34.1. The fourth-order valence-corrected chi connectivity index (χ4v) is 1.30. The fraction of sp³-hybridized carbons (Fsp3) is 0.217. The Morgan fingerprint density at radius 3 is 2.00 bits per heavy atom. The van der Waals surface area contributed by atoms with Crippen LogP contribution in [-0.4, -0.2) is 12.4 Å². The predicted octanol–water partition coefficient (Wildman–Crippen LogP) is 5.94. The van der Waals surface area contributed by atoms with E-state index in [1.54, 1.807) is 19.9 Å². The molecule has 0 N–H and O–H groups in total. The zero-order valence-corrected chi connectivity index (χ0v) is 25.8. The Morgan fingerprint density at radius 1 is 1.11 bits per heavy atom. The summed E-state index contributed by atoms with van der Waals surface area (Å²) in [5.41, 5.74) is 2.23. The molecule has 1 aromatic rings. The van der Waals surface area contributed by atoms with Crippen LogP contribution >= 0.6 is 0 Å². The van der Waals surface area contributed by atoms with Gasteiger partial charge in [-0.3, -0.25) is 4.99 Å². The van der Waals surface area contributed by atoms with E-state index in [2.05, 4.69) is 40.5 Å². The molecule has 0 saturated heterocycles. The van der Waals surface area contributed by atoms with Crippen molar-refractivity contribution in [3.05, 3.63) is 91.3 Å². The van der Waals surface area contributed by atoms with Crippen LogP contribution in [0.2, 0.25) is 0 Å². The van der Waals surface area contributed by atoms with E-state index in [4.69, 9.17) is 13.2 Å². The molecule has 0 bridgehead atoms. The molecule has 0 unspecified atom stereocenters. The van der Waals surface area contributed by atoms with E-state index in [0.717, 1.165) is 17.7 Å². The first-order valence-corrected chi connectivity index (χ1v) is 7.76. The summed E-state index contributed by atoms with van der Waals surface area (Å²) in [6.07, 6.45) is 19.3. The maximum atomic E-state index is 4.90. The molecule has 0 atom stereocenters. The van der Waals surface area contributed by atoms with Crippen LogP contribution in [0.15, 0.2) is 64.4 Å². The van der Waals surface area contributed by atoms with Gasteiger partial charge >= 0.3 is 0 Å². The molecule has 3 radical (unpaired) electrons. The van der Waals surface area contributed by atoms with Gasteiger partial charge in [0.25, 0.3) is 0 Å². The minimum absolute atomic E-state index is 0. The zero-order chi connectivity index (χ0) is 19.2. The fourth-order valence-electron chi connectivity index (χ4n) is 1.30. The van der Waals surface area contributed by atoms with Crippen molar-refractivity contribution in [3.8, 4) is 0 Å². The summed E-state index contributed by atoms with van der Waals surface area (Å²) in [6.45, 7) is 17.0. The number of rotatable bonds is 3. The molecule has 1 aromatic carbocycles. The van der Waals surface area contributed by atoms with E-state index in [1.165, 1.54) is 12.3 Å². The Balaban J connectivity index is -0.0000000839. The monoisotopic (exact) mass is 597 g/mol. The molecule has 0 amide bonds. The Hall–Kier alpha value is 0.572. The van der Waals surface area contributed by atoms with Crippen LogP contribution in [0.5, 0.6) is 0 Å². The average molecular weight is 597 g/mol. The second-order valence-electron chi connectivity index (χ2n) is 4.29. The quantitative estimate of drug-likeness (QED) is 0.235. The SMILES string of the molecule is CC1=CCC=N1.C[C-]=Cc1[c-]cccc1.[CH-]=CC=[C-]C.[CH-]=CN=[C-]C.[Y].[Y].[Y]. The first-order chi connectivity index (χ1) is 12.2. The Bertz CT molecular complexity index is 568. The standard InChI is InChI=1S/C9H8.C5H7N.C5H6.C4H5N.3Y/c1-2-6-9-7-4-3-5-8-9;1-5-3-2-4-6-5;2*1-3-5-4-2;;;/h3-7H,1H3;3-4H,2H2,1H3;1,3,5H,2H3;1,3H,2H3;;;/q-2;;2*-2;;;. The third-order valence-corrected chi connectivity index (χ3v) is 2.31. The molecule has 0 aromatic heterocycles. The molecule has 0 fully saturated rings. The van der Waals surface area contributed by atoms with Crippen LogP contribution in [0, 0.1) is 31.4 Å². The number of benzene rings is 1. The number of allylic oxidation sites excluding steroid dienone is 6. The summed E-state index contributed by atoms with van der Waals surface area (Å²) >= 11 is 0. The van der Waals surface area contributed by atoms with E-state index < -0.39 is 0 Å². The Kier molecular flexibility index (Phi) is 48.9. The van der Waals surface area contributed by atoms with Gasteiger partial charge in [-0.1, -0.05) is 6.08 Å². The molecule has 5 heteroatoms. The van der Waals surface area contributed by atoms with E-state index in [-0.39, 0.29) is 98.1 Å². The van der Waals surface area contributed by atoms with Gasteiger partial charge < -0.3 is 60.3 Å². The van der Waals surface area contributed by atoms with E-state index in [1.807, 2.05) is 50.4 Å². The molecule has 2 rings (SSSR count). The minimum atomic E-state index is 0. The van der Waals surface area contributed by atoms with Gasteiger partial charge in [-0.15, -0.1) is 26.8 Å². The summed E-state index contributed by atoms with van der Waals surface area (Å²) in [5.74, 6) is 0. The van der Waals surface area contributed by atoms with Crippen LogP contribution in [0.3, 0.4) is 0 Å². The topological polar surface area (TPSA) is 24.7 Å². The molecule has 0 aliphatic carbocycles. The minimum Gasteiger partial charge on any atom is -0.601 e. The van der Waals surface area contributed by atoms with Gasteiger partial charge in [-0.25, -0.2) is 12.1 Å². The predicted molar refractivity (Wildman–Crippen MR) is 110 cm³/mol. The van der Waals surface area contributed by atoms with Gasteiger partial charge in [0.05, 0.1) is 0 Å². The van der Waals surface area contributed by atoms with Crippen LogP contribution in [0.25, 0.3) is 6.08 Å². The Labute approximate surface area is 248 Å². The number of hydrogen-bond donors (Lipinski definition) is 0. The van der Waals surface area contributed by atoms with Crippen molar-refractivity contribution in [2.24, 2.45) is 9.98 Å². The van der Waals surface area contributed by atoms with Crippen LogP contribution < -0.4 is 0 Å². The van der Waals surface area contributed by atoms with Crippen molar-refractivity contribution < 1.29 is 98.1 Å². The van der Waals surface area contributed by atoms with Crippen molar-refractivity contribution in [2.75, 3.05) is 0 Å². The first-order valence-electron chi connectivity index (χ1n) is 7.76. The molecule has 0 saturated carbocycles. The molecular weight excluding hydrogens is 571 g/mol. The van der Waals surface area contributed by atoms with Crippen molar-refractivity contribution >= 4 is 18.5 Å².